The second-order valence-electron chi connectivity index (χ2n) is 8.55. The van der Waals surface area contributed by atoms with Crippen molar-refractivity contribution in [1.29, 1.82) is 0 Å². The van der Waals surface area contributed by atoms with Gasteiger partial charge in [0.1, 0.15) is 23.9 Å². The van der Waals surface area contributed by atoms with Crippen molar-refractivity contribution in [3.8, 4) is 5.75 Å². The Morgan fingerprint density at radius 2 is 1.50 bits per heavy atom. The van der Waals surface area contributed by atoms with Crippen molar-refractivity contribution in [3.63, 3.8) is 0 Å². The Bertz CT molecular complexity index is 925. The molecule has 0 aliphatic carbocycles. The molecule has 3 amide bonds. The van der Waals surface area contributed by atoms with E-state index in [2.05, 4.69) is 16.0 Å². The number of rotatable bonds is 15. The number of phenolic OH excluding ortho intramolecular Hbond substituents is 1. The molecule has 0 spiro atoms. The van der Waals surface area contributed by atoms with Crippen LogP contribution in [-0.2, 0) is 30.4 Å². The predicted molar refractivity (Wildman–Crippen MR) is 133 cm³/mol. The van der Waals surface area contributed by atoms with Crippen molar-refractivity contribution in [3.05, 3.63) is 29.8 Å². The number of aliphatic carboxylic acids is 2. The highest BCUT2D eigenvalue weighted by atomic mass is 32.2. The van der Waals surface area contributed by atoms with Gasteiger partial charge < -0.3 is 37.0 Å². The minimum absolute atomic E-state index is 0.0187. The quantitative estimate of drug-likeness (QED) is 0.158. The van der Waals surface area contributed by atoms with E-state index in [1.165, 1.54) is 36.0 Å². The number of hydrogen-bond acceptors (Lipinski definition) is 8. The summed E-state index contributed by atoms with van der Waals surface area (Å²) in [6, 6.07) is 1.05. The first kappa shape index (κ1) is 30.7. The van der Waals surface area contributed by atoms with E-state index < -0.39 is 66.2 Å². The molecule has 0 aromatic heterocycles. The zero-order valence-electron chi connectivity index (χ0n) is 20.4. The summed E-state index contributed by atoms with van der Waals surface area (Å²) in [5, 5.41) is 35.3. The van der Waals surface area contributed by atoms with Crippen LogP contribution in [0.1, 0.15) is 32.3 Å². The van der Waals surface area contributed by atoms with Crippen molar-refractivity contribution in [2.45, 2.75) is 57.3 Å². The van der Waals surface area contributed by atoms with E-state index in [4.69, 9.17) is 10.8 Å². The number of thioether (sulfide) groups is 1. The van der Waals surface area contributed by atoms with E-state index in [0.29, 0.717) is 11.3 Å². The van der Waals surface area contributed by atoms with Crippen LogP contribution in [0.2, 0.25) is 0 Å². The second-order valence-corrected chi connectivity index (χ2v) is 9.53. The molecule has 0 heterocycles. The zero-order chi connectivity index (χ0) is 27.4. The normalized spacial score (nSPS) is 14.2. The van der Waals surface area contributed by atoms with Crippen LogP contribution in [0.25, 0.3) is 0 Å². The molecule has 1 rings (SSSR count). The highest BCUT2D eigenvalue weighted by Gasteiger charge is 2.32. The first-order valence-corrected chi connectivity index (χ1v) is 12.6. The number of nitrogens with two attached hydrogens (primary N) is 1. The molecule has 0 fully saturated rings. The lowest BCUT2D eigenvalue weighted by molar-refractivity contribution is -0.142. The first-order valence-electron chi connectivity index (χ1n) is 11.2. The number of amides is 3. The number of aromatic hydroxyl groups is 1. The fraction of sp³-hybridized carbons (Fsp3) is 0.522. The minimum Gasteiger partial charge on any atom is -0.508 e. The Morgan fingerprint density at radius 1 is 0.917 bits per heavy atom. The van der Waals surface area contributed by atoms with Crippen molar-refractivity contribution < 1.29 is 39.3 Å². The van der Waals surface area contributed by atoms with Crippen LogP contribution in [0, 0.1) is 5.92 Å². The van der Waals surface area contributed by atoms with E-state index in [1.54, 1.807) is 13.8 Å². The molecule has 8 N–H and O–H groups in total. The second kappa shape index (κ2) is 14.9. The van der Waals surface area contributed by atoms with Crippen LogP contribution in [0.5, 0.6) is 5.75 Å². The van der Waals surface area contributed by atoms with Crippen LogP contribution >= 0.6 is 11.8 Å². The average Bonchev–Trinajstić information content (AvgIpc) is 2.79. The molecule has 0 saturated carbocycles. The SMILES string of the molecule is CSCCC(NC(=O)C(NC(=O)C(N)CC(=O)O)C(C)C)C(=O)NC(Cc1ccc(O)cc1)C(=O)O. The fourth-order valence-corrected chi connectivity index (χ4v) is 3.65. The molecule has 1 aromatic carbocycles. The molecule has 0 aliphatic rings. The van der Waals surface area contributed by atoms with Gasteiger partial charge in [-0.15, -0.1) is 0 Å². The van der Waals surface area contributed by atoms with E-state index in [1.807, 2.05) is 6.26 Å². The topological polar surface area (TPSA) is 208 Å². The third-order valence-corrected chi connectivity index (χ3v) is 5.86. The molecule has 1 aromatic rings. The maximum atomic E-state index is 13.0. The Balaban J connectivity index is 2.97. The van der Waals surface area contributed by atoms with Crippen LogP contribution in [0.3, 0.4) is 0 Å². The van der Waals surface area contributed by atoms with Crippen LogP contribution in [0.4, 0.5) is 0 Å². The molecular formula is C23H34N4O8S. The van der Waals surface area contributed by atoms with Crippen molar-refractivity contribution in [2.24, 2.45) is 11.7 Å². The largest absolute Gasteiger partial charge is 0.508 e. The number of hydrogen-bond donors (Lipinski definition) is 7. The summed E-state index contributed by atoms with van der Waals surface area (Å²) in [6.45, 7) is 3.31. The van der Waals surface area contributed by atoms with E-state index in [9.17, 15) is 34.2 Å². The summed E-state index contributed by atoms with van der Waals surface area (Å²) in [5.41, 5.74) is 6.15. The van der Waals surface area contributed by atoms with Gasteiger partial charge in [-0.25, -0.2) is 4.79 Å². The predicted octanol–water partition coefficient (Wildman–Crippen LogP) is -0.315. The number of nitrogens with one attached hydrogen (secondary N) is 3. The minimum atomic E-state index is -1.36. The number of benzene rings is 1. The summed E-state index contributed by atoms with van der Waals surface area (Å²) in [6.07, 6.45) is 1.34. The standard InChI is InChI=1S/C23H34N4O8S/c1-12(2)19(27-20(31)15(24)11-18(29)30)22(33)25-16(8-9-36-3)21(32)26-17(23(34)35)10-13-4-6-14(28)7-5-13/h4-7,12,15-17,19,28H,8-11,24H2,1-3H3,(H,25,33)(H,26,32)(H,27,31)(H,29,30)(H,34,35). The molecule has 0 aliphatic heterocycles. The maximum Gasteiger partial charge on any atom is 0.326 e. The number of carboxylic acid groups (broad SMARTS) is 2. The Morgan fingerprint density at radius 3 is 2.00 bits per heavy atom. The molecule has 0 radical (unpaired) electrons. The van der Waals surface area contributed by atoms with Gasteiger partial charge in [-0.2, -0.15) is 11.8 Å². The lowest BCUT2D eigenvalue weighted by Crippen LogP contribution is -2.58. The number of carbonyl (C=O) groups excluding carboxylic acids is 3. The summed E-state index contributed by atoms with van der Waals surface area (Å²) in [4.78, 5) is 60.8. The van der Waals surface area contributed by atoms with Gasteiger partial charge in [0.25, 0.3) is 0 Å². The van der Waals surface area contributed by atoms with Crippen molar-refractivity contribution in [1.82, 2.24) is 16.0 Å². The summed E-state index contributed by atoms with van der Waals surface area (Å²) < 4.78 is 0. The zero-order valence-corrected chi connectivity index (χ0v) is 21.2. The van der Waals surface area contributed by atoms with Gasteiger partial charge in [-0.05, 0) is 42.0 Å². The highest BCUT2D eigenvalue weighted by Crippen LogP contribution is 2.12. The van der Waals surface area contributed by atoms with Crippen LogP contribution in [-0.4, -0.2) is 81.2 Å². The molecule has 4 unspecified atom stereocenters. The molecule has 200 valence electrons. The van der Waals surface area contributed by atoms with E-state index >= 15 is 0 Å². The van der Waals surface area contributed by atoms with E-state index in [-0.39, 0.29) is 18.6 Å². The highest BCUT2D eigenvalue weighted by molar-refractivity contribution is 7.98. The summed E-state index contributed by atoms with van der Waals surface area (Å²) >= 11 is 1.43. The average molecular weight is 527 g/mol. The molecule has 4 atom stereocenters. The summed E-state index contributed by atoms with van der Waals surface area (Å²) in [5.74, 6) is -4.68. The van der Waals surface area contributed by atoms with Crippen molar-refractivity contribution in [2.75, 3.05) is 12.0 Å². The Hall–Kier alpha value is -3.32. The van der Waals surface area contributed by atoms with Gasteiger partial charge in [-0.3, -0.25) is 19.2 Å². The molecule has 12 nitrogen and oxygen atoms in total. The third-order valence-electron chi connectivity index (χ3n) is 5.21. The van der Waals surface area contributed by atoms with Gasteiger partial charge >= 0.3 is 11.9 Å². The molecule has 0 bridgehead atoms. The van der Waals surface area contributed by atoms with Crippen LogP contribution < -0.4 is 21.7 Å². The number of carboxylic acids is 2. The molecule has 36 heavy (non-hydrogen) atoms. The Kier molecular flexibility index (Phi) is 12.7. The maximum absolute atomic E-state index is 13.0. The van der Waals surface area contributed by atoms with Gasteiger partial charge in [0.2, 0.25) is 17.7 Å². The lowest BCUT2D eigenvalue weighted by Gasteiger charge is -2.27. The van der Waals surface area contributed by atoms with Gasteiger partial charge in [0.05, 0.1) is 12.5 Å². The summed E-state index contributed by atoms with van der Waals surface area (Å²) in [7, 11) is 0. The molecule has 0 saturated heterocycles. The van der Waals surface area contributed by atoms with Crippen molar-refractivity contribution >= 4 is 41.4 Å². The van der Waals surface area contributed by atoms with Gasteiger partial charge in [0, 0.05) is 6.42 Å². The molecule has 13 heteroatoms. The monoisotopic (exact) mass is 526 g/mol. The number of carbonyl (C=O) groups is 5. The van der Waals surface area contributed by atoms with Gasteiger partial charge in [0.15, 0.2) is 0 Å². The Labute approximate surface area is 213 Å². The van der Waals surface area contributed by atoms with Gasteiger partial charge in [-0.1, -0.05) is 26.0 Å². The number of phenols is 1. The first-order chi connectivity index (χ1) is 16.8. The third kappa shape index (κ3) is 10.5. The van der Waals surface area contributed by atoms with Crippen LogP contribution in [0.15, 0.2) is 24.3 Å². The van der Waals surface area contributed by atoms with E-state index in [0.717, 1.165) is 0 Å². The smallest absolute Gasteiger partial charge is 0.326 e. The molecular weight excluding hydrogens is 492 g/mol. The lowest BCUT2D eigenvalue weighted by atomic mass is 10.0. The fourth-order valence-electron chi connectivity index (χ4n) is 3.18.